The predicted molar refractivity (Wildman–Crippen MR) is 106 cm³/mol. The number of rotatable bonds is 5. The van der Waals surface area contributed by atoms with Gasteiger partial charge < -0.3 is 9.64 Å². The molecule has 0 amide bonds. The third kappa shape index (κ3) is 3.57. The molecule has 1 fully saturated rings. The lowest BCUT2D eigenvalue weighted by atomic mass is 10.00. The van der Waals surface area contributed by atoms with E-state index in [4.69, 9.17) is 9.84 Å². The Morgan fingerprint density at radius 3 is 2.96 bits per heavy atom. The predicted octanol–water partition coefficient (Wildman–Crippen LogP) is 3.84. The molecule has 136 valence electrons. The zero-order valence-electron chi connectivity index (χ0n) is 15.3. The van der Waals surface area contributed by atoms with E-state index in [2.05, 4.69) is 41.4 Å². The number of hydrogen-bond acceptors (Lipinski definition) is 5. The zero-order chi connectivity index (χ0) is 17.9. The monoisotopic (exact) mass is 368 g/mol. The molecule has 3 aromatic rings. The molecule has 4 rings (SSSR count). The third-order valence-corrected chi connectivity index (χ3v) is 5.71. The number of ether oxygens (including phenoxy) is 1. The van der Waals surface area contributed by atoms with Crippen molar-refractivity contribution in [3.63, 3.8) is 0 Å². The van der Waals surface area contributed by atoms with Gasteiger partial charge in [0.2, 0.25) is 5.88 Å². The number of aromatic nitrogens is 3. The quantitative estimate of drug-likeness (QED) is 0.640. The van der Waals surface area contributed by atoms with Gasteiger partial charge in [0.15, 0.2) is 5.65 Å². The molecule has 0 radical (unpaired) electrons. The summed E-state index contributed by atoms with van der Waals surface area (Å²) in [5, 5.41) is 4.70. The molecule has 6 heteroatoms. The summed E-state index contributed by atoms with van der Waals surface area (Å²) in [6, 6.07) is 12.2. The zero-order valence-corrected chi connectivity index (χ0v) is 16.1. The Bertz CT molecular complexity index is 894. The van der Waals surface area contributed by atoms with Gasteiger partial charge in [0.05, 0.1) is 18.5 Å². The SMILES string of the molecule is CSc1ccccc1-c1cnc2ccc(OCC3CCCN(C)C3)nn12. The number of nitrogens with zero attached hydrogens (tertiary/aromatic N) is 4. The van der Waals surface area contributed by atoms with Crippen molar-refractivity contribution in [2.75, 3.05) is 33.0 Å². The summed E-state index contributed by atoms with van der Waals surface area (Å²) in [6.45, 7) is 3.00. The van der Waals surface area contributed by atoms with Crippen LogP contribution in [0.2, 0.25) is 0 Å². The maximum absolute atomic E-state index is 6.03. The summed E-state index contributed by atoms with van der Waals surface area (Å²) in [5.74, 6) is 1.23. The van der Waals surface area contributed by atoms with Crippen molar-refractivity contribution < 1.29 is 4.74 Å². The highest BCUT2D eigenvalue weighted by Gasteiger charge is 2.18. The fourth-order valence-corrected chi connectivity index (χ4v) is 4.19. The number of fused-ring (bicyclic) bond motifs is 1. The van der Waals surface area contributed by atoms with Crippen LogP contribution in [0.3, 0.4) is 0 Å². The first kappa shape index (κ1) is 17.4. The largest absolute Gasteiger partial charge is 0.476 e. The van der Waals surface area contributed by atoms with Crippen LogP contribution in [0, 0.1) is 5.92 Å². The summed E-state index contributed by atoms with van der Waals surface area (Å²) < 4.78 is 7.91. The Labute approximate surface area is 158 Å². The third-order valence-electron chi connectivity index (χ3n) is 4.91. The average molecular weight is 369 g/mol. The van der Waals surface area contributed by atoms with Crippen LogP contribution in [-0.2, 0) is 0 Å². The first-order chi connectivity index (χ1) is 12.7. The molecule has 0 N–H and O–H groups in total. The standard InChI is InChI=1S/C20H24N4OS/c1-23-11-5-6-15(13-23)14-25-20-10-9-19-21-12-17(24(19)22-20)16-7-3-4-8-18(16)26-2/h3-4,7-10,12,15H,5-6,11,13-14H2,1-2H3. The smallest absolute Gasteiger partial charge is 0.231 e. The van der Waals surface area contributed by atoms with E-state index in [1.165, 1.54) is 24.3 Å². The van der Waals surface area contributed by atoms with E-state index in [1.807, 2.05) is 28.9 Å². The summed E-state index contributed by atoms with van der Waals surface area (Å²) in [5.41, 5.74) is 2.97. The molecular formula is C20H24N4OS. The Hall–Kier alpha value is -2.05. The minimum absolute atomic E-state index is 0.575. The van der Waals surface area contributed by atoms with Crippen molar-refractivity contribution in [3.05, 3.63) is 42.6 Å². The fraction of sp³-hybridized carbons (Fsp3) is 0.400. The highest BCUT2D eigenvalue weighted by molar-refractivity contribution is 7.98. The maximum atomic E-state index is 6.03. The molecule has 0 bridgehead atoms. The van der Waals surface area contributed by atoms with Gasteiger partial charge in [0.1, 0.15) is 0 Å². The molecule has 0 saturated carbocycles. The van der Waals surface area contributed by atoms with Crippen molar-refractivity contribution in [3.8, 4) is 17.1 Å². The van der Waals surface area contributed by atoms with E-state index in [0.29, 0.717) is 18.4 Å². The summed E-state index contributed by atoms with van der Waals surface area (Å²) >= 11 is 1.73. The van der Waals surface area contributed by atoms with Crippen LogP contribution in [0.4, 0.5) is 0 Å². The van der Waals surface area contributed by atoms with E-state index in [-0.39, 0.29) is 0 Å². The molecule has 0 spiro atoms. The second kappa shape index (κ2) is 7.68. The molecular weight excluding hydrogens is 344 g/mol. The number of likely N-dealkylation sites (tertiary alicyclic amines) is 1. The van der Waals surface area contributed by atoms with Crippen LogP contribution in [0.25, 0.3) is 16.9 Å². The van der Waals surface area contributed by atoms with E-state index in [9.17, 15) is 0 Å². The molecule has 3 heterocycles. The first-order valence-electron chi connectivity index (χ1n) is 9.04. The van der Waals surface area contributed by atoms with Gasteiger partial charge in [-0.05, 0) is 44.8 Å². The molecule has 1 aliphatic rings. The Morgan fingerprint density at radius 2 is 2.12 bits per heavy atom. The lowest BCUT2D eigenvalue weighted by Crippen LogP contribution is -2.34. The van der Waals surface area contributed by atoms with Crippen LogP contribution in [0.5, 0.6) is 5.88 Å². The Kier molecular flexibility index (Phi) is 5.13. The van der Waals surface area contributed by atoms with Gasteiger partial charge in [0, 0.05) is 29.0 Å². The van der Waals surface area contributed by atoms with E-state index < -0.39 is 0 Å². The Balaban J connectivity index is 1.58. The molecule has 1 unspecified atom stereocenters. The van der Waals surface area contributed by atoms with E-state index >= 15 is 0 Å². The average Bonchev–Trinajstić information content (AvgIpc) is 3.09. The highest BCUT2D eigenvalue weighted by Crippen LogP contribution is 2.30. The van der Waals surface area contributed by atoms with Gasteiger partial charge in [-0.25, -0.2) is 9.50 Å². The first-order valence-corrected chi connectivity index (χ1v) is 10.3. The molecule has 26 heavy (non-hydrogen) atoms. The summed E-state index contributed by atoms with van der Waals surface area (Å²) in [4.78, 5) is 8.09. The van der Waals surface area contributed by atoms with Gasteiger partial charge in [-0.15, -0.1) is 16.9 Å². The summed E-state index contributed by atoms with van der Waals surface area (Å²) in [7, 11) is 2.18. The van der Waals surface area contributed by atoms with Crippen LogP contribution >= 0.6 is 11.8 Å². The van der Waals surface area contributed by atoms with Crippen molar-refractivity contribution in [1.82, 2.24) is 19.5 Å². The van der Waals surface area contributed by atoms with Crippen molar-refractivity contribution >= 4 is 17.4 Å². The van der Waals surface area contributed by atoms with Gasteiger partial charge in [0.25, 0.3) is 0 Å². The normalized spacial score (nSPS) is 18.3. The summed E-state index contributed by atoms with van der Waals surface area (Å²) in [6.07, 6.45) is 6.45. The Morgan fingerprint density at radius 1 is 1.23 bits per heavy atom. The molecule has 2 aromatic heterocycles. The second-order valence-corrected chi connectivity index (χ2v) is 7.71. The van der Waals surface area contributed by atoms with Crippen LogP contribution in [-0.4, -0.2) is 52.5 Å². The number of thioether (sulfide) groups is 1. The van der Waals surface area contributed by atoms with Crippen LogP contribution in [0.1, 0.15) is 12.8 Å². The highest BCUT2D eigenvalue weighted by atomic mass is 32.2. The van der Waals surface area contributed by atoms with Gasteiger partial charge in [-0.2, -0.15) is 0 Å². The molecule has 0 aliphatic carbocycles. The number of hydrogen-bond donors (Lipinski definition) is 0. The number of imidazole rings is 1. The lowest BCUT2D eigenvalue weighted by Gasteiger charge is -2.29. The molecule has 1 aromatic carbocycles. The second-order valence-electron chi connectivity index (χ2n) is 6.87. The minimum Gasteiger partial charge on any atom is -0.476 e. The molecule has 5 nitrogen and oxygen atoms in total. The number of piperidine rings is 1. The van der Waals surface area contributed by atoms with Gasteiger partial charge >= 0.3 is 0 Å². The molecule has 1 atom stereocenters. The van der Waals surface area contributed by atoms with Gasteiger partial charge in [-0.1, -0.05) is 18.2 Å². The maximum Gasteiger partial charge on any atom is 0.231 e. The van der Waals surface area contributed by atoms with Crippen LogP contribution in [0.15, 0.2) is 47.5 Å². The van der Waals surface area contributed by atoms with Crippen LogP contribution < -0.4 is 4.74 Å². The topological polar surface area (TPSA) is 42.7 Å². The number of benzene rings is 1. The fourth-order valence-electron chi connectivity index (χ4n) is 3.59. The van der Waals surface area contributed by atoms with Gasteiger partial charge in [-0.3, -0.25) is 0 Å². The lowest BCUT2D eigenvalue weighted by molar-refractivity contribution is 0.146. The molecule has 1 aliphatic heterocycles. The van der Waals surface area contributed by atoms with Crippen molar-refractivity contribution in [2.24, 2.45) is 5.92 Å². The molecule has 1 saturated heterocycles. The van der Waals surface area contributed by atoms with Crippen molar-refractivity contribution in [1.29, 1.82) is 0 Å². The van der Waals surface area contributed by atoms with E-state index in [0.717, 1.165) is 23.4 Å². The van der Waals surface area contributed by atoms with E-state index in [1.54, 1.807) is 11.8 Å². The minimum atomic E-state index is 0.575. The van der Waals surface area contributed by atoms with Crippen molar-refractivity contribution in [2.45, 2.75) is 17.7 Å².